The maximum absolute atomic E-state index is 13.6. The fraction of sp³-hybridized carbons (Fsp3) is 0.276. The Kier molecular flexibility index (Phi) is 8.34. The zero-order valence-corrected chi connectivity index (χ0v) is 21.3. The first kappa shape index (κ1) is 26.8. The van der Waals surface area contributed by atoms with E-state index in [-0.39, 0.29) is 5.41 Å². The van der Waals surface area contributed by atoms with Crippen LogP contribution in [0.15, 0.2) is 60.7 Å². The van der Waals surface area contributed by atoms with E-state index in [1.165, 1.54) is 12.7 Å². The predicted molar refractivity (Wildman–Crippen MR) is 143 cm³/mol. The Balaban J connectivity index is 0.000000786. The van der Waals surface area contributed by atoms with Gasteiger partial charge in [-0.25, -0.2) is 13.8 Å². The maximum Gasteiger partial charge on any atom is 0.292 e. The summed E-state index contributed by atoms with van der Waals surface area (Å²) in [6, 6.07) is 20.6. The lowest BCUT2D eigenvalue weighted by Gasteiger charge is -2.41. The summed E-state index contributed by atoms with van der Waals surface area (Å²) in [7, 11) is 3.44. The van der Waals surface area contributed by atoms with Crippen molar-refractivity contribution in [2.75, 3.05) is 39.1 Å². The first-order chi connectivity index (χ1) is 18.4. The molecule has 3 aromatic carbocycles. The van der Waals surface area contributed by atoms with Gasteiger partial charge in [0.1, 0.15) is 0 Å². The van der Waals surface area contributed by atoms with Gasteiger partial charge in [-0.3, -0.25) is 4.79 Å². The van der Waals surface area contributed by atoms with Crippen molar-refractivity contribution >= 4 is 23.5 Å². The summed E-state index contributed by atoms with van der Waals surface area (Å²) in [5.74, 6) is -1.30. The van der Waals surface area contributed by atoms with E-state index in [2.05, 4.69) is 62.3 Å². The van der Waals surface area contributed by atoms with Crippen molar-refractivity contribution in [3.8, 4) is 17.2 Å². The van der Waals surface area contributed by atoms with Gasteiger partial charge in [-0.05, 0) is 61.8 Å². The van der Waals surface area contributed by atoms with Crippen molar-refractivity contribution in [3.63, 3.8) is 0 Å². The topological polar surface area (TPSA) is 94.0 Å². The van der Waals surface area contributed by atoms with Crippen LogP contribution in [0.25, 0.3) is 22.2 Å². The molecule has 38 heavy (non-hydrogen) atoms. The minimum Gasteiger partial charge on any atom is -0.471 e. The Hall–Kier alpha value is -4.29. The van der Waals surface area contributed by atoms with E-state index in [0.29, 0.717) is 35.6 Å². The number of piperidine rings is 1. The molecular weight excluding hydrogens is 488 g/mol. The van der Waals surface area contributed by atoms with Gasteiger partial charge in [-0.15, -0.1) is 0 Å². The average Bonchev–Trinajstić information content (AvgIpc) is 3.35. The van der Waals surface area contributed by atoms with E-state index in [4.69, 9.17) is 4.79 Å². The predicted octanol–water partition coefficient (Wildman–Crippen LogP) is 5.24. The molecule has 5 rings (SSSR count). The average molecular weight is 518 g/mol. The Labute approximate surface area is 220 Å². The lowest BCUT2D eigenvalue weighted by molar-refractivity contribution is -0.126. The fourth-order valence-corrected chi connectivity index (χ4v) is 4.74. The highest BCUT2D eigenvalue weighted by atomic mass is 19.2. The number of H-pyrrole nitrogens is 1. The number of hydrogen-bond donors (Lipinski definition) is 2. The third-order valence-electron chi connectivity index (χ3n) is 6.98. The summed E-state index contributed by atoms with van der Waals surface area (Å²) in [4.78, 5) is 18.7. The number of hydrogen-bond acceptors (Lipinski definition) is 6. The zero-order valence-electron chi connectivity index (χ0n) is 21.3. The molecule has 1 aliphatic rings. The minimum absolute atomic E-state index is 0.102. The molecule has 0 unspecified atom stereocenters. The molecule has 1 saturated heterocycles. The number of likely N-dealkylation sites (tertiary alicyclic amines) is 1. The van der Waals surface area contributed by atoms with Crippen LogP contribution < -0.4 is 5.32 Å². The molecule has 0 spiro atoms. The van der Waals surface area contributed by atoms with E-state index < -0.39 is 11.6 Å². The molecule has 7 nitrogen and oxygen atoms in total. The quantitative estimate of drug-likeness (QED) is 0.340. The Morgan fingerprint density at radius 3 is 2.45 bits per heavy atom. The molecule has 1 fully saturated rings. The maximum atomic E-state index is 13.6. The Bertz CT molecular complexity index is 1400. The van der Waals surface area contributed by atoms with Gasteiger partial charge in [0.25, 0.3) is 6.47 Å². The van der Waals surface area contributed by atoms with Crippen LogP contribution in [0, 0.1) is 23.0 Å². The monoisotopic (exact) mass is 517 g/mol. The summed E-state index contributed by atoms with van der Waals surface area (Å²) < 4.78 is 31.0. The smallest absolute Gasteiger partial charge is 0.292 e. The van der Waals surface area contributed by atoms with Gasteiger partial charge in [0.15, 0.2) is 11.6 Å². The van der Waals surface area contributed by atoms with Gasteiger partial charge in [-0.1, -0.05) is 36.4 Å². The van der Waals surface area contributed by atoms with Crippen LogP contribution in [-0.4, -0.2) is 55.1 Å². The van der Waals surface area contributed by atoms with Gasteiger partial charge in [-0.2, -0.15) is 5.26 Å². The van der Waals surface area contributed by atoms with Crippen molar-refractivity contribution in [1.29, 1.82) is 5.26 Å². The summed E-state index contributed by atoms with van der Waals surface area (Å²) in [6.07, 6.45) is 1.95. The zero-order chi connectivity index (χ0) is 27.1. The number of halogens is 2. The van der Waals surface area contributed by atoms with Gasteiger partial charge < -0.3 is 19.9 Å². The third-order valence-corrected chi connectivity index (χ3v) is 6.98. The van der Waals surface area contributed by atoms with E-state index >= 15 is 0 Å². The molecule has 0 bridgehead atoms. The third kappa shape index (κ3) is 5.98. The van der Waals surface area contributed by atoms with Gasteiger partial charge in [0.05, 0.1) is 29.8 Å². The molecule has 2 heterocycles. The number of benzene rings is 3. The Morgan fingerprint density at radius 2 is 1.79 bits per heavy atom. The van der Waals surface area contributed by atoms with Crippen LogP contribution in [0.3, 0.4) is 0 Å². The number of imidazole rings is 1. The van der Waals surface area contributed by atoms with Crippen LogP contribution in [-0.2, 0) is 14.9 Å². The molecule has 0 amide bonds. The molecule has 0 saturated carbocycles. The summed E-state index contributed by atoms with van der Waals surface area (Å²) in [6.45, 7) is 2.98. The number of nitrogens with one attached hydrogen (secondary N) is 2. The molecule has 9 heteroatoms. The number of fused-ring (bicyclic) bond motifs is 1. The Morgan fingerprint density at radius 1 is 1.11 bits per heavy atom. The number of methoxy groups -OCH3 is 1. The van der Waals surface area contributed by atoms with Crippen LogP contribution in [0.5, 0.6) is 0 Å². The van der Waals surface area contributed by atoms with Crippen LogP contribution in [0.4, 0.5) is 14.7 Å². The summed E-state index contributed by atoms with van der Waals surface area (Å²) in [5, 5.41) is 12.6. The highest BCUT2D eigenvalue weighted by Gasteiger charge is 2.35. The number of aromatic amines is 1. The number of anilines is 1. The fourth-order valence-electron chi connectivity index (χ4n) is 4.74. The molecule has 1 aromatic heterocycles. The molecule has 196 valence electrons. The van der Waals surface area contributed by atoms with E-state index in [9.17, 15) is 14.0 Å². The largest absolute Gasteiger partial charge is 0.471 e. The van der Waals surface area contributed by atoms with E-state index in [0.717, 1.165) is 49.2 Å². The van der Waals surface area contributed by atoms with Crippen LogP contribution in [0.2, 0.25) is 0 Å². The normalized spacial score (nSPS) is 14.7. The lowest BCUT2D eigenvalue weighted by Crippen LogP contribution is -2.45. The van der Waals surface area contributed by atoms with E-state index in [1.54, 1.807) is 6.07 Å². The first-order valence-corrected chi connectivity index (χ1v) is 12.2. The second-order valence-corrected chi connectivity index (χ2v) is 9.41. The van der Waals surface area contributed by atoms with Crippen molar-refractivity contribution in [3.05, 3.63) is 83.4 Å². The van der Waals surface area contributed by atoms with Crippen molar-refractivity contribution in [2.45, 2.75) is 18.3 Å². The second kappa shape index (κ2) is 11.8. The highest BCUT2D eigenvalue weighted by molar-refractivity contribution is 5.77. The van der Waals surface area contributed by atoms with Crippen molar-refractivity contribution in [2.24, 2.45) is 0 Å². The standard InChI is InChI=1S/C27H25F2N5.C2H4O2/c1-34-11-9-27(10-12-34,17-31-26-32-24-14-22(28)23(29)15-25(24)33-26)21-7-5-19(6-8-21)20-4-2-3-18(13-20)16-30;1-4-2-3/h2-8,13-15H,9-12,17H2,1H3,(H2,31,32,33);2H,1H3. The van der Waals surface area contributed by atoms with Gasteiger partial charge in [0, 0.05) is 24.1 Å². The number of carbonyl (C=O) groups excluding carboxylic acids is 1. The van der Waals surface area contributed by atoms with Crippen LogP contribution >= 0.6 is 0 Å². The highest BCUT2D eigenvalue weighted by Crippen LogP contribution is 2.37. The molecule has 0 aliphatic carbocycles. The number of aromatic nitrogens is 2. The number of ether oxygens (including phenoxy) is 1. The van der Waals surface area contributed by atoms with Gasteiger partial charge >= 0.3 is 0 Å². The molecule has 0 radical (unpaired) electrons. The molecular formula is C29H29F2N5O2. The molecule has 4 aromatic rings. The second-order valence-electron chi connectivity index (χ2n) is 9.41. The molecule has 1 aliphatic heterocycles. The van der Waals surface area contributed by atoms with Gasteiger partial charge in [0.2, 0.25) is 5.95 Å². The minimum atomic E-state index is -0.905. The lowest BCUT2D eigenvalue weighted by atomic mass is 9.72. The van der Waals surface area contributed by atoms with Crippen molar-refractivity contribution in [1.82, 2.24) is 14.9 Å². The first-order valence-electron chi connectivity index (χ1n) is 12.2. The SMILES string of the molecule is CN1CCC(CNc2nc3cc(F)c(F)cc3[nH]2)(c2ccc(-c3cccc(C#N)c3)cc2)CC1.COC=O. The summed E-state index contributed by atoms with van der Waals surface area (Å²) in [5.41, 5.74) is 4.71. The number of rotatable bonds is 6. The van der Waals surface area contributed by atoms with E-state index in [1.807, 2.05) is 18.2 Å². The van der Waals surface area contributed by atoms with Crippen LogP contribution in [0.1, 0.15) is 24.0 Å². The van der Waals surface area contributed by atoms with Crippen molar-refractivity contribution < 1.29 is 18.3 Å². The summed E-state index contributed by atoms with van der Waals surface area (Å²) >= 11 is 0. The number of carbonyl (C=O) groups is 1. The number of nitrogens with zero attached hydrogens (tertiary/aromatic N) is 3. The molecule has 2 N–H and O–H groups in total. The number of nitriles is 1. The molecule has 0 atom stereocenters.